The second kappa shape index (κ2) is 5.02. The van der Waals surface area contributed by atoms with Crippen molar-refractivity contribution in [2.75, 3.05) is 6.61 Å². The van der Waals surface area contributed by atoms with Crippen LogP contribution in [0.5, 0.6) is 0 Å². The number of nitrogens with two attached hydrogens (primary N) is 1. The summed E-state index contributed by atoms with van der Waals surface area (Å²) in [7, 11) is 0. The molecule has 13 heavy (non-hydrogen) atoms. The number of carbonyl (C=O) groups excluding carboxylic acids is 1. The largest absolute Gasteiger partial charge is 0.465 e. The second-order valence-electron chi connectivity index (χ2n) is 3.41. The topological polar surface area (TPSA) is 52.3 Å². The minimum Gasteiger partial charge on any atom is -0.465 e. The highest BCUT2D eigenvalue weighted by Crippen LogP contribution is 2.20. The fourth-order valence-corrected chi connectivity index (χ4v) is 1.06. The van der Waals surface area contributed by atoms with E-state index >= 15 is 0 Å². The number of rotatable bonds is 5. The maximum atomic E-state index is 11.5. The Morgan fingerprint density at radius 3 is 2.54 bits per heavy atom. The van der Waals surface area contributed by atoms with Crippen molar-refractivity contribution in [2.45, 2.75) is 32.7 Å². The molecule has 3 heteroatoms. The molecule has 0 spiro atoms. The molecule has 0 unspecified atom stereocenters. The second-order valence-corrected chi connectivity index (χ2v) is 3.41. The first-order valence-corrected chi connectivity index (χ1v) is 4.56. The van der Waals surface area contributed by atoms with Crippen LogP contribution < -0.4 is 5.73 Å². The van der Waals surface area contributed by atoms with Crippen molar-refractivity contribution in [3.63, 3.8) is 0 Å². The molecule has 0 bridgehead atoms. The molecule has 0 aliphatic carbocycles. The van der Waals surface area contributed by atoms with Gasteiger partial charge < -0.3 is 10.5 Å². The third-order valence-electron chi connectivity index (χ3n) is 2.17. The fourth-order valence-electron chi connectivity index (χ4n) is 1.06. The number of ether oxygens (including phenoxy) is 1. The van der Waals surface area contributed by atoms with E-state index in [1.807, 2.05) is 13.8 Å². The molecule has 0 aliphatic rings. The van der Waals surface area contributed by atoms with Crippen LogP contribution in [0.4, 0.5) is 0 Å². The van der Waals surface area contributed by atoms with Crippen LogP contribution in [0.1, 0.15) is 27.2 Å². The van der Waals surface area contributed by atoms with Crippen LogP contribution in [0.3, 0.4) is 0 Å². The molecule has 2 N–H and O–H groups in total. The van der Waals surface area contributed by atoms with Crippen LogP contribution >= 0.6 is 0 Å². The molecular weight excluding hydrogens is 166 g/mol. The number of esters is 1. The van der Waals surface area contributed by atoms with Crippen LogP contribution in [0.2, 0.25) is 0 Å². The molecule has 0 aromatic heterocycles. The molecule has 0 aromatic carbocycles. The van der Waals surface area contributed by atoms with Crippen molar-refractivity contribution in [1.82, 2.24) is 0 Å². The summed E-state index contributed by atoms with van der Waals surface area (Å²) >= 11 is 0. The predicted molar refractivity (Wildman–Crippen MR) is 53.2 cm³/mol. The van der Waals surface area contributed by atoms with E-state index < -0.39 is 5.54 Å². The zero-order valence-electron chi connectivity index (χ0n) is 8.67. The Labute approximate surface area is 79.9 Å². The van der Waals surface area contributed by atoms with Crippen molar-refractivity contribution in [3.05, 3.63) is 12.7 Å². The van der Waals surface area contributed by atoms with E-state index in [1.54, 1.807) is 13.0 Å². The molecule has 0 aromatic rings. The third kappa shape index (κ3) is 2.84. The van der Waals surface area contributed by atoms with E-state index in [2.05, 4.69) is 6.58 Å². The Morgan fingerprint density at radius 2 is 2.23 bits per heavy atom. The first-order valence-electron chi connectivity index (χ1n) is 4.56. The SMILES string of the molecule is C=CC[C@@](N)(C(=O)OCC)C(C)C. The summed E-state index contributed by atoms with van der Waals surface area (Å²) in [6.07, 6.45) is 2.10. The summed E-state index contributed by atoms with van der Waals surface area (Å²) in [6.45, 7) is 9.52. The Kier molecular flexibility index (Phi) is 4.70. The van der Waals surface area contributed by atoms with Gasteiger partial charge in [-0.25, -0.2) is 0 Å². The molecule has 0 aliphatic heterocycles. The quantitative estimate of drug-likeness (QED) is 0.521. The van der Waals surface area contributed by atoms with Gasteiger partial charge in [-0.2, -0.15) is 0 Å². The summed E-state index contributed by atoms with van der Waals surface area (Å²) in [5.41, 5.74) is 5.02. The zero-order valence-corrected chi connectivity index (χ0v) is 8.67. The van der Waals surface area contributed by atoms with Gasteiger partial charge in [0.25, 0.3) is 0 Å². The van der Waals surface area contributed by atoms with Crippen LogP contribution in [0, 0.1) is 5.92 Å². The Bertz CT molecular complexity index is 189. The zero-order chi connectivity index (χ0) is 10.5. The molecule has 0 heterocycles. The summed E-state index contributed by atoms with van der Waals surface area (Å²) in [4.78, 5) is 11.5. The lowest BCUT2D eigenvalue weighted by Crippen LogP contribution is -2.53. The summed E-state index contributed by atoms with van der Waals surface area (Å²) in [5, 5.41) is 0. The van der Waals surface area contributed by atoms with Gasteiger partial charge in [0.15, 0.2) is 0 Å². The van der Waals surface area contributed by atoms with E-state index in [4.69, 9.17) is 10.5 Å². The van der Waals surface area contributed by atoms with E-state index in [-0.39, 0.29) is 11.9 Å². The van der Waals surface area contributed by atoms with Crippen molar-refractivity contribution in [1.29, 1.82) is 0 Å². The predicted octanol–water partition coefficient (Wildman–Crippen LogP) is 1.48. The van der Waals surface area contributed by atoms with E-state index in [0.717, 1.165) is 0 Å². The van der Waals surface area contributed by atoms with E-state index in [1.165, 1.54) is 0 Å². The number of hydrogen-bond acceptors (Lipinski definition) is 3. The maximum absolute atomic E-state index is 11.5. The normalized spacial score (nSPS) is 15.2. The Morgan fingerprint density at radius 1 is 1.69 bits per heavy atom. The summed E-state index contributed by atoms with van der Waals surface area (Å²) < 4.78 is 4.91. The van der Waals surface area contributed by atoms with Gasteiger partial charge in [0.1, 0.15) is 5.54 Å². The molecule has 3 nitrogen and oxygen atoms in total. The molecular formula is C10H19NO2. The van der Waals surface area contributed by atoms with Crippen LogP contribution in [-0.4, -0.2) is 18.1 Å². The molecule has 0 radical (unpaired) electrons. The van der Waals surface area contributed by atoms with Gasteiger partial charge in [-0.15, -0.1) is 6.58 Å². The molecule has 0 amide bonds. The van der Waals surface area contributed by atoms with Gasteiger partial charge in [-0.3, -0.25) is 4.79 Å². The molecule has 0 rings (SSSR count). The van der Waals surface area contributed by atoms with Gasteiger partial charge in [0.05, 0.1) is 6.61 Å². The average Bonchev–Trinajstić information content (AvgIpc) is 2.04. The lowest BCUT2D eigenvalue weighted by atomic mass is 9.84. The molecule has 0 saturated carbocycles. The number of hydrogen-bond donors (Lipinski definition) is 1. The maximum Gasteiger partial charge on any atom is 0.326 e. The highest BCUT2D eigenvalue weighted by atomic mass is 16.5. The first-order chi connectivity index (χ1) is 5.99. The van der Waals surface area contributed by atoms with Crippen molar-refractivity contribution in [2.24, 2.45) is 11.7 Å². The number of carbonyl (C=O) groups is 1. The van der Waals surface area contributed by atoms with E-state index in [9.17, 15) is 4.79 Å². The summed E-state index contributed by atoms with van der Waals surface area (Å²) in [5.74, 6) is -0.297. The molecule has 1 atom stereocenters. The fraction of sp³-hybridized carbons (Fsp3) is 0.700. The van der Waals surface area contributed by atoms with Crippen molar-refractivity contribution in [3.8, 4) is 0 Å². The summed E-state index contributed by atoms with van der Waals surface area (Å²) in [6, 6.07) is 0. The van der Waals surface area contributed by atoms with E-state index in [0.29, 0.717) is 13.0 Å². The van der Waals surface area contributed by atoms with Gasteiger partial charge in [-0.1, -0.05) is 19.9 Å². The third-order valence-corrected chi connectivity index (χ3v) is 2.17. The molecule has 76 valence electrons. The van der Waals surface area contributed by atoms with Gasteiger partial charge in [0, 0.05) is 0 Å². The molecule has 0 fully saturated rings. The lowest BCUT2D eigenvalue weighted by Gasteiger charge is -2.29. The highest BCUT2D eigenvalue weighted by Gasteiger charge is 2.37. The molecule has 0 saturated heterocycles. The van der Waals surface area contributed by atoms with Crippen LogP contribution in [0.15, 0.2) is 12.7 Å². The lowest BCUT2D eigenvalue weighted by molar-refractivity contribution is -0.151. The Balaban J connectivity index is 4.56. The first kappa shape index (κ1) is 12.2. The average molecular weight is 185 g/mol. The standard InChI is InChI=1S/C10H19NO2/c1-5-7-10(11,8(3)4)9(12)13-6-2/h5,8H,1,6-7,11H2,2-4H3/t10-/m0/s1. The van der Waals surface area contributed by atoms with Crippen LogP contribution in [-0.2, 0) is 9.53 Å². The highest BCUT2D eigenvalue weighted by molar-refractivity contribution is 5.81. The van der Waals surface area contributed by atoms with Crippen molar-refractivity contribution < 1.29 is 9.53 Å². The monoisotopic (exact) mass is 185 g/mol. The van der Waals surface area contributed by atoms with Crippen LogP contribution in [0.25, 0.3) is 0 Å². The van der Waals surface area contributed by atoms with Gasteiger partial charge in [0.2, 0.25) is 0 Å². The minimum atomic E-state index is -0.919. The smallest absolute Gasteiger partial charge is 0.326 e. The van der Waals surface area contributed by atoms with Gasteiger partial charge in [-0.05, 0) is 19.3 Å². The van der Waals surface area contributed by atoms with Gasteiger partial charge >= 0.3 is 5.97 Å². The minimum absolute atomic E-state index is 0.0459. The Hall–Kier alpha value is -0.830. The van der Waals surface area contributed by atoms with Crippen molar-refractivity contribution >= 4 is 5.97 Å².